The summed E-state index contributed by atoms with van der Waals surface area (Å²) in [6, 6.07) is 29.4. The molecule has 26 heavy (non-hydrogen) atoms. The molecule has 0 heterocycles. The largest absolute Gasteiger partial charge is 0.393 e. The average molecular weight is 364 g/mol. The fourth-order valence-electron chi connectivity index (χ4n) is 3.52. The van der Waals surface area contributed by atoms with Crippen molar-refractivity contribution < 1.29 is 9.67 Å². The first-order chi connectivity index (χ1) is 12.6. The zero-order valence-corrected chi connectivity index (χ0v) is 15.9. The van der Waals surface area contributed by atoms with Crippen LogP contribution in [0.4, 0.5) is 0 Å². The van der Waals surface area contributed by atoms with E-state index < -0.39 is 13.2 Å². The van der Waals surface area contributed by atoms with Crippen LogP contribution in [-0.2, 0) is 11.0 Å². The third-order valence-corrected chi connectivity index (χ3v) is 8.63. The number of rotatable bonds is 7. The van der Waals surface area contributed by atoms with E-state index in [4.69, 9.17) is 0 Å². The smallest absolute Gasteiger partial charge is 0.148 e. The van der Waals surface area contributed by atoms with Crippen molar-refractivity contribution in [2.24, 2.45) is 0 Å². The average Bonchev–Trinajstić information content (AvgIpc) is 2.70. The molecule has 0 fully saturated rings. The van der Waals surface area contributed by atoms with Crippen LogP contribution in [0.25, 0.3) is 0 Å². The minimum absolute atomic E-state index is 0.326. The van der Waals surface area contributed by atoms with Gasteiger partial charge in [0.15, 0.2) is 0 Å². The van der Waals surface area contributed by atoms with Gasteiger partial charge in [-0.05, 0) is 25.3 Å². The highest BCUT2D eigenvalue weighted by molar-refractivity contribution is 7.79. The first-order valence-electron chi connectivity index (χ1n) is 9.05. The molecule has 3 aromatic rings. The van der Waals surface area contributed by atoms with Gasteiger partial charge in [-0.2, -0.15) is 0 Å². The Balaban J connectivity index is 2.02. The minimum Gasteiger partial charge on any atom is -0.393 e. The van der Waals surface area contributed by atoms with Crippen molar-refractivity contribution in [1.82, 2.24) is 0 Å². The van der Waals surface area contributed by atoms with Crippen LogP contribution in [0.5, 0.6) is 0 Å². The highest BCUT2D eigenvalue weighted by atomic mass is 31.2. The highest BCUT2D eigenvalue weighted by Crippen LogP contribution is 2.51. The lowest BCUT2D eigenvalue weighted by atomic mass is 10.1. The summed E-state index contributed by atoms with van der Waals surface area (Å²) >= 11 is 0. The third kappa shape index (κ3) is 3.98. The molecule has 3 heteroatoms. The molecule has 1 N–H and O–H groups in total. The third-order valence-electron chi connectivity index (χ3n) is 4.88. The van der Waals surface area contributed by atoms with Gasteiger partial charge in [0, 0.05) is 16.3 Å². The van der Waals surface area contributed by atoms with Crippen LogP contribution in [0.15, 0.2) is 91.0 Å². The first-order valence-corrected chi connectivity index (χ1v) is 10.8. The number of benzene rings is 3. The molecule has 134 valence electrons. The molecule has 0 amide bonds. The normalized spacial score (nSPS) is 13.9. The topological polar surface area (TPSA) is 37.3 Å². The predicted molar refractivity (Wildman–Crippen MR) is 110 cm³/mol. The number of aliphatic hydroxyl groups excluding tert-OH is 1. The maximum atomic E-state index is 14.4. The minimum atomic E-state index is -2.98. The monoisotopic (exact) mass is 364 g/mol. The summed E-state index contributed by atoms with van der Waals surface area (Å²) in [4.78, 5) is 0. The maximum Gasteiger partial charge on any atom is 0.148 e. The highest BCUT2D eigenvalue weighted by Gasteiger charge is 2.38. The zero-order chi connectivity index (χ0) is 18.4. The van der Waals surface area contributed by atoms with Crippen molar-refractivity contribution in [2.75, 3.05) is 0 Å². The summed E-state index contributed by atoms with van der Waals surface area (Å²) in [7, 11) is -2.98. The van der Waals surface area contributed by atoms with Crippen LogP contribution in [0.3, 0.4) is 0 Å². The van der Waals surface area contributed by atoms with Gasteiger partial charge in [0.2, 0.25) is 0 Å². The van der Waals surface area contributed by atoms with E-state index in [1.807, 2.05) is 78.9 Å². The van der Waals surface area contributed by atoms with Crippen LogP contribution in [0.2, 0.25) is 0 Å². The molecule has 0 unspecified atom stereocenters. The van der Waals surface area contributed by atoms with Crippen molar-refractivity contribution >= 4 is 17.8 Å². The quantitative estimate of drug-likeness (QED) is 0.632. The van der Waals surface area contributed by atoms with Crippen LogP contribution in [0, 0.1) is 0 Å². The van der Waals surface area contributed by atoms with E-state index in [2.05, 4.69) is 12.1 Å². The molecule has 3 rings (SSSR count). The van der Waals surface area contributed by atoms with Gasteiger partial charge in [-0.3, -0.25) is 0 Å². The van der Waals surface area contributed by atoms with Crippen LogP contribution >= 0.6 is 7.14 Å². The second kappa shape index (κ2) is 8.49. The molecule has 2 atom stereocenters. The van der Waals surface area contributed by atoms with Gasteiger partial charge in [-0.1, -0.05) is 91.0 Å². The molecule has 0 saturated heterocycles. The van der Waals surface area contributed by atoms with Crippen LogP contribution in [-0.4, -0.2) is 16.9 Å². The number of aliphatic hydroxyl groups is 1. The Labute approximate surface area is 155 Å². The number of aryl methyl sites for hydroxylation is 1. The molecule has 0 bridgehead atoms. The summed E-state index contributed by atoms with van der Waals surface area (Å²) in [6.07, 6.45) is 0.799. The fourth-order valence-corrected chi connectivity index (χ4v) is 6.91. The van der Waals surface area contributed by atoms with E-state index >= 15 is 0 Å². The Hall–Kier alpha value is -2.15. The second-order valence-corrected chi connectivity index (χ2v) is 9.67. The summed E-state index contributed by atoms with van der Waals surface area (Å²) in [5.74, 6) is 0. The van der Waals surface area contributed by atoms with Crippen molar-refractivity contribution in [3.63, 3.8) is 0 Å². The van der Waals surface area contributed by atoms with Crippen molar-refractivity contribution in [3.05, 3.63) is 96.6 Å². The molecule has 0 aromatic heterocycles. The summed E-state index contributed by atoms with van der Waals surface area (Å²) < 4.78 is 14.4. The van der Waals surface area contributed by atoms with Crippen LogP contribution < -0.4 is 10.6 Å². The first kappa shape index (κ1) is 18.6. The second-order valence-electron chi connectivity index (χ2n) is 6.66. The molecule has 0 aliphatic heterocycles. The lowest BCUT2D eigenvalue weighted by molar-refractivity contribution is 0.184. The van der Waals surface area contributed by atoms with E-state index in [1.165, 1.54) is 5.56 Å². The molecular weight excluding hydrogens is 339 g/mol. The molecule has 3 aromatic carbocycles. The number of hydrogen-bond acceptors (Lipinski definition) is 2. The van der Waals surface area contributed by atoms with Gasteiger partial charge in [0.25, 0.3) is 0 Å². The zero-order valence-electron chi connectivity index (χ0n) is 15.0. The van der Waals surface area contributed by atoms with Gasteiger partial charge in [0.1, 0.15) is 7.14 Å². The van der Waals surface area contributed by atoms with Gasteiger partial charge in [-0.15, -0.1) is 0 Å². The Morgan fingerprint density at radius 1 is 0.769 bits per heavy atom. The molecular formula is C23H25O2P. The Bertz CT molecular complexity index is 802. The van der Waals surface area contributed by atoms with E-state index in [9.17, 15) is 9.67 Å². The van der Waals surface area contributed by atoms with Gasteiger partial charge < -0.3 is 9.67 Å². The van der Waals surface area contributed by atoms with Crippen molar-refractivity contribution in [1.29, 1.82) is 0 Å². The lowest BCUT2D eigenvalue weighted by Crippen LogP contribution is -2.33. The van der Waals surface area contributed by atoms with Gasteiger partial charge in [-0.25, -0.2) is 0 Å². The van der Waals surface area contributed by atoms with E-state index in [1.54, 1.807) is 6.92 Å². The van der Waals surface area contributed by atoms with Gasteiger partial charge in [0.05, 0.1) is 6.10 Å². The maximum absolute atomic E-state index is 14.4. The molecule has 0 saturated carbocycles. The molecule has 0 spiro atoms. The molecule has 0 aliphatic rings. The summed E-state index contributed by atoms with van der Waals surface area (Å²) in [6.45, 7) is 1.76. The lowest BCUT2D eigenvalue weighted by Gasteiger charge is -2.31. The summed E-state index contributed by atoms with van der Waals surface area (Å²) in [5, 5.41) is 12.2. The fraction of sp³-hybridized carbons (Fsp3) is 0.217. The Morgan fingerprint density at radius 2 is 1.19 bits per heavy atom. The van der Waals surface area contributed by atoms with E-state index in [-0.39, 0.29) is 5.66 Å². The van der Waals surface area contributed by atoms with E-state index in [0.29, 0.717) is 6.42 Å². The van der Waals surface area contributed by atoms with Crippen LogP contribution in [0.1, 0.15) is 18.9 Å². The number of hydrogen-bond donors (Lipinski definition) is 1. The van der Waals surface area contributed by atoms with E-state index in [0.717, 1.165) is 17.0 Å². The van der Waals surface area contributed by atoms with Gasteiger partial charge >= 0.3 is 0 Å². The Kier molecular flexibility index (Phi) is 6.08. The summed E-state index contributed by atoms with van der Waals surface area (Å²) in [5.41, 5.74) is 0.873. The molecule has 0 radical (unpaired) electrons. The van der Waals surface area contributed by atoms with Crippen molar-refractivity contribution in [3.8, 4) is 0 Å². The van der Waals surface area contributed by atoms with Crippen molar-refractivity contribution in [2.45, 2.75) is 31.5 Å². The standard InChI is InChI=1S/C23H25O2P/c1-19(24)23(18-17-20-11-5-2-6-12-20)26(25,21-13-7-3-8-14-21)22-15-9-4-10-16-22/h2-16,19,23-24H,17-18H2,1H3/t19-,23+/m1/s1. The predicted octanol–water partition coefficient (Wildman–Crippen LogP) is 4.38. The Morgan fingerprint density at radius 3 is 1.62 bits per heavy atom. The molecule has 2 nitrogen and oxygen atoms in total. The molecule has 0 aliphatic carbocycles. The SMILES string of the molecule is C[C@@H](O)[C@H](CCc1ccccc1)P(=O)(c1ccccc1)c1ccccc1.